The monoisotopic (exact) mass is 404 g/mol. The van der Waals surface area contributed by atoms with Crippen LogP contribution in [0.2, 0.25) is 0 Å². The van der Waals surface area contributed by atoms with Gasteiger partial charge in [-0.15, -0.1) is 11.3 Å². The van der Waals surface area contributed by atoms with Gasteiger partial charge in [-0.05, 0) is 48.4 Å². The number of nitrogens with zero attached hydrogens (tertiary/aromatic N) is 2. The lowest BCUT2D eigenvalue weighted by molar-refractivity contribution is 0.174. The van der Waals surface area contributed by atoms with Gasteiger partial charge in [0, 0.05) is 10.9 Å². The number of benzene rings is 2. The quantitative estimate of drug-likeness (QED) is 0.369. The minimum absolute atomic E-state index is 0.241. The highest BCUT2D eigenvalue weighted by Gasteiger charge is 2.16. The van der Waals surface area contributed by atoms with E-state index in [-0.39, 0.29) is 6.79 Å². The molecule has 0 amide bonds. The molecule has 0 radical (unpaired) electrons. The van der Waals surface area contributed by atoms with Gasteiger partial charge in [-0.25, -0.2) is 4.98 Å². The molecule has 6 heteroatoms. The van der Waals surface area contributed by atoms with Crippen LogP contribution in [0.25, 0.3) is 22.9 Å². The molecule has 0 spiro atoms. The maximum Gasteiger partial charge on any atom is 0.231 e. The van der Waals surface area contributed by atoms with Gasteiger partial charge in [0.15, 0.2) is 11.5 Å². The highest BCUT2D eigenvalue weighted by atomic mass is 32.1. The maximum absolute atomic E-state index is 9.63. The fraction of sp³-hybridized carbons (Fsp3) is 0.217. The first-order chi connectivity index (χ1) is 14.3. The summed E-state index contributed by atoms with van der Waals surface area (Å²) in [6.45, 7) is 3.10. The first-order valence-corrected chi connectivity index (χ1v) is 10.4. The van der Waals surface area contributed by atoms with Gasteiger partial charge in [-0.1, -0.05) is 25.5 Å². The molecule has 2 heterocycles. The first kappa shape index (κ1) is 19.0. The summed E-state index contributed by atoms with van der Waals surface area (Å²) >= 11 is 1.45. The molecule has 146 valence electrons. The topological polar surface area (TPSA) is 64.4 Å². The van der Waals surface area contributed by atoms with Crippen LogP contribution in [0.3, 0.4) is 0 Å². The van der Waals surface area contributed by atoms with E-state index in [0.717, 1.165) is 47.8 Å². The van der Waals surface area contributed by atoms with E-state index in [1.807, 2.05) is 53.9 Å². The second kappa shape index (κ2) is 8.80. The zero-order chi connectivity index (χ0) is 20.1. The molecule has 4 rings (SSSR count). The number of fused-ring (bicyclic) bond motifs is 1. The predicted octanol–water partition coefficient (Wildman–Crippen LogP) is 5.78. The molecular weight excluding hydrogens is 384 g/mol. The van der Waals surface area contributed by atoms with Crippen molar-refractivity contribution in [3.8, 4) is 34.6 Å². The third kappa shape index (κ3) is 4.41. The maximum atomic E-state index is 9.63. The average Bonchev–Trinajstić information content (AvgIpc) is 3.42. The molecule has 0 saturated carbocycles. The average molecular weight is 404 g/mol. The van der Waals surface area contributed by atoms with Crippen molar-refractivity contribution in [1.82, 2.24) is 4.98 Å². The van der Waals surface area contributed by atoms with Crippen LogP contribution in [0.4, 0.5) is 0 Å². The van der Waals surface area contributed by atoms with Gasteiger partial charge in [0.1, 0.15) is 16.8 Å². The number of unbranched alkanes of at least 4 members (excludes halogenated alkanes) is 1. The Morgan fingerprint density at radius 2 is 2.03 bits per heavy atom. The number of aromatic nitrogens is 1. The van der Waals surface area contributed by atoms with E-state index in [1.54, 1.807) is 0 Å². The highest BCUT2D eigenvalue weighted by Crippen LogP contribution is 2.36. The summed E-state index contributed by atoms with van der Waals surface area (Å²) in [6, 6.07) is 15.7. The fourth-order valence-electron chi connectivity index (χ4n) is 2.89. The Morgan fingerprint density at radius 3 is 2.83 bits per heavy atom. The van der Waals surface area contributed by atoms with E-state index < -0.39 is 0 Å². The molecule has 1 aliphatic rings. The summed E-state index contributed by atoms with van der Waals surface area (Å²) in [5.74, 6) is 2.30. The van der Waals surface area contributed by atoms with Crippen LogP contribution in [0.15, 0.2) is 47.8 Å². The number of nitriles is 1. The Bertz CT molecular complexity index is 1060. The van der Waals surface area contributed by atoms with Gasteiger partial charge < -0.3 is 14.2 Å². The van der Waals surface area contributed by atoms with Gasteiger partial charge in [0.05, 0.1) is 17.9 Å². The third-order valence-corrected chi connectivity index (χ3v) is 5.36. The van der Waals surface area contributed by atoms with Gasteiger partial charge in [0.2, 0.25) is 6.79 Å². The van der Waals surface area contributed by atoms with Crippen molar-refractivity contribution >= 4 is 23.0 Å². The molecule has 0 atom stereocenters. The van der Waals surface area contributed by atoms with Crippen LogP contribution >= 0.6 is 11.3 Å². The summed E-state index contributed by atoms with van der Waals surface area (Å²) in [6.07, 6.45) is 3.99. The van der Waals surface area contributed by atoms with Gasteiger partial charge in [-0.3, -0.25) is 0 Å². The van der Waals surface area contributed by atoms with Crippen molar-refractivity contribution in [3.05, 3.63) is 58.4 Å². The van der Waals surface area contributed by atoms with E-state index in [2.05, 4.69) is 18.0 Å². The fourth-order valence-corrected chi connectivity index (χ4v) is 3.68. The lowest BCUT2D eigenvalue weighted by atomic mass is 10.1. The largest absolute Gasteiger partial charge is 0.494 e. The Labute approximate surface area is 173 Å². The molecule has 3 aromatic rings. The Balaban J connectivity index is 1.52. The SMILES string of the molecule is CCCCOc1ccc(/C=C(\C#N)c2nc(-c3ccc4c(c3)OCO4)cs2)cc1. The molecule has 0 unspecified atom stereocenters. The zero-order valence-electron chi connectivity index (χ0n) is 16.1. The van der Waals surface area contributed by atoms with Crippen molar-refractivity contribution in [2.24, 2.45) is 0 Å². The van der Waals surface area contributed by atoms with Crippen LogP contribution in [0.5, 0.6) is 17.2 Å². The molecule has 0 N–H and O–H groups in total. The summed E-state index contributed by atoms with van der Waals surface area (Å²) < 4.78 is 16.5. The number of rotatable bonds is 7. The van der Waals surface area contributed by atoms with Crippen molar-refractivity contribution < 1.29 is 14.2 Å². The van der Waals surface area contributed by atoms with Crippen LogP contribution in [0.1, 0.15) is 30.3 Å². The number of allylic oxidation sites excluding steroid dienone is 1. The first-order valence-electron chi connectivity index (χ1n) is 9.47. The number of ether oxygens (including phenoxy) is 3. The van der Waals surface area contributed by atoms with Crippen molar-refractivity contribution in [1.29, 1.82) is 5.26 Å². The van der Waals surface area contributed by atoms with Crippen LogP contribution < -0.4 is 14.2 Å². The Hall–Kier alpha value is -3.30. The molecule has 29 heavy (non-hydrogen) atoms. The molecule has 1 aromatic heterocycles. The van der Waals surface area contributed by atoms with Crippen LogP contribution in [0, 0.1) is 11.3 Å². The molecule has 0 aliphatic carbocycles. The zero-order valence-corrected chi connectivity index (χ0v) is 16.9. The van der Waals surface area contributed by atoms with Crippen molar-refractivity contribution in [2.45, 2.75) is 19.8 Å². The number of hydrogen-bond acceptors (Lipinski definition) is 6. The summed E-state index contributed by atoms with van der Waals surface area (Å²) in [4.78, 5) is 4.65. The van der Waals surface area contributed by atoms with Gasteiger partial charge in [0.25, 0.3) is 0 Å². The van der Waals surface area contributed by atoms with E-state index in [0.29, 0.717) is 16.3 Å². The van der Waals surface area contributed by atoms with Crippen LogP contribution in [-0.4, -0.2) is 18.4 Å². The van der Waals surface area contributed by atoms with Gasteiger partial charge in [-0.2, -0.15) is 5.26 Å². The molecular formula is C23H20N2O3S. The smallest absolute Gasteiger partial charge is 0.231 e. The minimum atomic E-state index is 0.241. The predicted molar refractivity (Wildman–Crippen MR) is 114 cm³/mol. The standard InChI is InChI=1S/C23H20N2O3S/c1-2-3-10-26-19-7-4-16(5-8-19)11-18(13-24)23-25-20(14-29-23)17-6-9-21-22(12-17)28-15-27-21/h4-9,11-12,14H,2-3,10,15H2,1H3/b18-11+. The molecule has 0 bridgehead atoms. The number of hydrogen-bond donors (Lipinski definition) is 0. The molecule has 2 aromatic carbocycles. The van der Waals surface area contributed by atoms with E-state index >= 15 is 0 Å². The van der Waals surface area contributed by atoms with Crippen molar-refractivity contribution in [3.63, 3.8) is 0 Å². The third-order valence-electron chi connectivity index (χ3n) is 4.48. The summed E-state index contributed by atoms with van der Waals surface area (Å²) in [5, 5.41) is 12.3. The lowest BCUT2D eigenvalue weighted by Crippen LogP contribution is -1.95. The minimum Gasteiger partial charge on any atom is -0.494 e. The van der Waals surface area contributed by atoms with Gasteiger partial charge >= 0.3 is 0 Å². The highest BCUT2D eigenvalue weighted by molar-refractivity contribution is 7.11. The summed E-state index contributed by atoms with van der Waals surface area (Å²) in [5.41, 5.74) is 3.21. The van der Waals surface area contributed by atoms with E-state index in [1.165, 1.54) is 11.3 Å². The number of thiazole rings is 1. The Kier molecular flexibility index (Phi) is 5.78. The van der Waals surface area contributed by atoms with Crippen LogP contribution in [-0.2, 0) is 0 Å². The molecule has 0 saturated heterocycles. The normalized spacial score (nSPS) is 12.6. The second-order valence-electron chi connectivity index (χ2n) is 6.55. The lowest BCUT2D eigenvalue weighted by Gasteiger charge is -2.05. The Morgan fingerprint density at radius 1 is 1.21 bits per heavy atom. The van der Waals surface area contributed by atoms with Crippen molar-refractivity contribution in [2.75, 3.05) is 13.4 Å². The molecule has 0 fully saturated rings. The van der Waals surface area contributed by atoms with E-state index in [9.17, 15) is 5.26 Å². The van der Waals surface area contributed by atoms with E-state index in [4.69, 9.17) is 14.2 Å². The molecule has 1 aliphatic heterocycles. The molecule has 5 nitrogen and oxygen atoms in total. The second-order valence-corrected chi connectivity index (χ2v) is 7.40. The summed E-state index contributed by atoms with van der Waals surface area (Å²) in [7, 11) is 0.